The molecule has 0 radical (unpaired) electrons. The Balaban J connectivity index is 2.71. The molecule has 1 aromatic carbocycles. The second-order valence-corrected chi connectivity index (χ2v) is 4.91. The van der Waals surface area contributed by atoms with Gasteiger partial charge in [0.1, 0.15) is 17.4 Å². The summed E-state index contributed by atoms with van der Waals surface area (Å²) in [6.07, 6.45) is 0.811. The third kappa shape index (κ3) is 2.82. The molecule has 21 heavy (non-hydrogen) atoms. The summed E-state index contributed by atoms with van der Waals surface area (Å²) in [5.74, 6) is 0.736. The van der Waals surface area contributed by atoms with Gasteiger partial charge in [0.05, 0.1) is 12.8 Å². The van der Waals surface area contributed by atoms with Gasteiger partial charge >= 0.3 is 0 Å². The summed E-state index contributed by atoms with van der Waals surface area (Å²) < 4.78 is 6.93. The Morgan fingerprint density at radius 3 is 2.71 bits per heavy atom. The van der Waals surface area contributed by atoms with Crippen LogP contribution in [0.5, 0.6) is 5.75 Å². The molecule has 0 saturated heterocycles. The molecule has 1 unspecified atom stereocenters. The fraction of sp³-hybridized carbons (Fsp3) is 0.294. The van der Waals surface area contributed by atoms with E-state index in [4.69, 9.17) is 10.00 Å². The third-order valence-electron chi connectivity index (χ3n) is 3.63. The molecule has 1 aromatic heterocycles. The molecule has 1 atom stereocenters. The normalized spacial score (nSPS) is 11.7. The summed E-state index contributed by atoms with van der Waals surface area (Å²) in [6, 6.07) is 12.9. The van der Waals surface area contributed by atoms with Gasteiger partial charge in [-0.3, -0.25) is 4.79 Å². The van der Waals surface area contributed by atoms with E-state index in [1.807, 2.05) is 50.2 Å². The van der Waals surface area contributed by atoms with Crippen LogP contribution in [-0.2, 0) is 0 Å². The first-order valence-corrected chi connectivity index (χ1v) is 6.92. The van der Waals surface area contributed by atoms with E-state index in [0.29, 0.717) is 0 Å². The maximum absolute atomic E-state index is 12.5. The standard InChI is InChI=1S/C17H18N2O2/c1-4-12(2)19-16(9-8-14(11-18)17(19)20)13-6-5-7-15(10-13)21-3/h5-10,12H,4H2,1-3H3. The van der Waals surface area contributed by atoms with Crippen LogP contribution in [0.3, 0.4) is 0 Å². The highest BCUT2D eigenvalue weighted by Crippen LogP contribution is 2.26. The van der Waals surface area contributed by atoms with E-state index in [2.05, 4.69) is 0 Å². The van der Waals surface area contributed by atoms with Crippen LogP contribution in [0.1, 0.15) is 31.9 Å². The van der Waals surface area contributed by atoms with Crippen LogP contribution in [0.4, 0.5) is 0 Å². The highest BCUT2D eigenvalue weighted by atomic mass is 16.5. The zero-order chi connectivity index (χ0) is 15.4. The van der Waals surface area contributed by atoms with Crippen molar-refractivity contribution in [2.75, 3.05) is 7.11 Å². The smallest absolute Gasteiger partial charge is 0.269 e. The minimum Gasteiger partial charge on any atom is -0.497 e. The number of nitrogens with zero attached hydrogens (tertiary/aromatic N) is 2. The molecule has 0 aliphatic rings. The Morgan fingerprint density at radius 2 is 2.10 bits per heavy atom. The van der Waals surface area contributed by atoms with Crippen molar-refractivity contribution in [1.82, 2.24) is 4.57 Å². The average Bonchev–Trinajstić information content (AvgIpc) is 2.53. The Hall–Kier alpha value is -2.54. The molecule has 0 amide bonds. The van der Waals surface area contributed by atoms with Crippen molar-refractivity contribution in [1.29, 1.82) is 5.26 Å². The minimum absolute atomic E-state index is 0.0204. The maximum atomic E-state index is 12.5. The van der Waals surface area contributed by atoms with Crippen molar-refractivity contribution < 1.29 is 4.74 Å². The molecule has 0 bridgehead atoms. The number of ether oxygens (including phenoxy) is 1. The first-order valence-electron chi connectivity index (χ1n) is 6.92. The number of rotatable bonds is 4. The summed E-state index contributed by atoms with van der Waals surface area (Å²) in [7, 11) is 1.61. The fourth-order valence-electron chi connectivity index (χ4n) is 2.28. The Bertz CT molecular complexity index is 741. The molecule has 0 N–H and O–H groups in total. The van der Waals surface area contributed by atoms with E-state index in [1.165, 1.54) is 0 Å². The zero-order valence-corrected chi connectivity index (χ0v) is 12.5. The lowest BCUT2D eigenvalue weighted by Gasteiger charge is -2.19. The molecular formula is C17H18N2O2. The second kappa shape index (κ2) is 6.27. The molecule has 2 rings (SSSR count). The monoisotopic (exact) mass is 282 g/mol. The van der Waals surface area contributed by atoms with Gasteiger partial charge in [-0.15, -0.1) is 0 Å². The van der Waals surface area contributed by atoms with E-state index in [9.17, 15) is 4.79 Å². The summed E-state index contributed by atoms with van der Waals surface area (Å²) in [6.45, 7) is 4.00. The lowest BCUT2D eigenvalue weighted by molar-refractivity contribution is 0.415. The van der Waals surface area contributed by atoms with E-state index in [0.717, 1.165) is 23.4 Å². The average molecular weight is 282 g/mol. The van der Waals surface area contributed by atoms with E-state index >= 15 is 0 Å². The zero-order valence-electron chi connectivity index (χ0n) is 12.5. The van der Waals surface area contributed by atoms with Crippen LogP contribution in [-0.4, -0.2) is 11.7 Å². The van der Waals surface area contributed by atoms with Crippen LogP contribution >= 0.6 is 0 Å². The van der Waals surface area contributed by atoms with Gasteiger partial charge in [-0.1, -0.05) is 19.1 Å². The van der Waals surface area contributed by atoms with Crippen LogP contribution < -0.4 is 10.3 Å². The van der Waals surface area contributed by atoms with Crippen LogP contribution in [0.2, 0.25) is 0 Å². The van der Waals surface area contributed by atoms with Crippen molar-refractivity contribution in [3.8, 4) is 23.1 Å². The number of nitriles is 1. The van der Waals surface area contributed by atoms with Crippen molar-refractivity contribution in [2.24, 2.45) is 0 Å². The highest BCUT2D eigenvalue weighted by molar-refractivity contribution is 5.62. The Labute approximate surface area is 124 Å². The van der Waals surface area contributed by atoms with Gasteiger partial charge in [-0.25, -0.2) is 0 Å². The SMILES string of the molecule is CCC(C)n1c(-c2cccc(OC)c2)ccc(C#N)c1=O. The molecule has 4 nitrogen and oxygen atoms in total. The van der Waals surface area contributed by atoms with Gasteiger partial charge in [-0.05, 0) is 37.6 Å². The van der Waals surface area contributed by atoms with Gasteiger partial charge in [0.15, 0.2) is 0 Å². The first-order chi connectivity index (χ1) is 10.1. The first kappa shape index (κ1) is 14.9. The molecule has 4 heteroatoms. The molecule has 0 aliphatic heterocycles. The van der Waals surface area contributed by atoms with E-state index in [-0.39, 0.29) is 17.2 Å². The van der Waals surface area contributed by atoms with Gasteiger partial charge in [0, 0.05) is 11.6 Å². The Kier molecular flexibility index (Phi) is 4.44. The number of methoxy groups -OCH3 is 1. The number of hydrogen-bond donors (Lipinski definition) is 0. The predicted octanol–water partition coefficient (Wildman–Crippen LogP) is 3.37. The van der Waals surface area contributed by atoms with Crippen LogP contribution in [0, 0.1) is 11.3 Å². The predicted molar refractivity (Wildman–Crippen MR) is 82.4 cm³/mol. The number of hydrogen-bond acceptors (Lipinski definition) is 3. The summed E-state index contributed by atoms with van der Waals surface area (Å²) in [5, 5.41) is 9.06. The van der Waals surface area contributed by atoms with Crippen LogP contribution in [0.25, 0.3) is 11.3 Å². The van der Waals surface area contributed by atoms with Crippen LogP contribution in [0.15, 0.2) is 41.2 Å². The Morgan fingerprint density at radius 1 is 1.33 bits per heavy atom. The lowest BCUT2D eigenvalue weighted by Crippen LogP contribution is -2.26. The number of pyridine rings is 1. The third-order valence-corrected chi connectivity index (χ3v) is 3.63. The molecule has 0 aliphatic carbocycles. The quantitative estimate of drug-likeness (QED) is 0.864. The highest BCUT2D eigenvalue weighted by Gasteiger charge is 2.14. The lowest BCUT2D eigenvalue weighted by atomic mass is 10.1. The molecule has 2 aromatic rings. The van der Waals surface area contributed by atoms with Crippen molar-refractivity contribution in [2.45, 2.75) is 26.3 Å². The molecule has 108 valence electrons. The minimum atomic E-state index is -0.243. The summed E-state index contributed by atoms with van der Waals surface area (Å²) in [5.41, 5.74) is 1.62. The van der Waals surface area contributed by atoms with E-state index < -0.39 is 0 Å². The molecular weight excluding hydrogens is 264 g/mol. The fourth-order valence-corrected chi connectivity index (χ4v) is 2.28. The maximum Gasteiger partial charge on any atom is 0.269 e. The van der Waals surface area contributed by atoms with Crippen molar-refractivity contribution in [3.05, 3.63) is 52.3 Å². The largest absolute Gasteiger partial charge is 0.497 e. The van der Waals surface area contributed by atoms with Crippen molar-refractivity contribution in [3.63, 3.8) is 0 Å². The second-order valence-electron chi connectivity index (χ2n) is 4.91. The molecule has 1 heterocycles. The molecule has 0 fully saturated rings. The summed E-state index contributed by atoms with van der Waals surface area (Å²) >= 11 is 0. The van der Waals surface area contributed by atoms with Gasteiger partial charge in [0.2, 0.25) is 0 Å². The van der Waals surface area contributed by atoms with E-state index in [1.54, 1.807) is 17.7 Å². The summed E-state index contributed by atoms with van der Waals surface area (Å²) in [4.78, 5) is 12.5. The van der Waals surface area contributed by atoms with Crippen molar-refractivity contribution >= 4 is 0 Å². The van der Waals surface area contributed by atoms with Gasteiger partial charge in [0.25, 0.3) is 5.56 Å². The number of benzene rings is 1. The van der Waals surface area contributed by atoms with Gasteiger partial charge < -0.3 is 9.30 Å². The number of aromatic nitrogens is 1. The molecule has 0 saturated carbocycles. The topological polar surface area (TPSA) is 55.0 Å². The molecule has 0 spiro atoms. The van der Waals surface area contributed by atoms with Gasteiger partial charge in [-0.2, -0.15) is 5.26 Å².